The van der Waals surface area contributed by atoms with Crippen molar-refractivity contribution in [2.24, 2.45) is 0 Å². The van der Waals surface area contributed by atoms with Crippen LogP contribution < -0.4 is 0 Å². The summed E-state index contributed by atoms with van der Waals surface area (Å²) >= 11 is 0. The van der Waals surface area contributed by atoms with Gasteiger partial charge in [-0.05, 0) is 0 Å². The molecule has 14 heavy (non-hydrogen) atoms. The van der Waals surface area contributed by atoms with Crippen molar-refractivity contribution in [2.75, 3.05) is 0 Å². The molecule has 0 aromatic carbocycles. The van der Waals surface area contributed by atoms with Gasteiger partial charge in [-0.3, -0.25) is 4.79 Å². The summed E-state index contributed by atoms with van der Waals surface area (Å²) in [4.78, 5) is 19.0. The Balaban J connectivity index is 2.33. The van der Waals surface area contributed by atoms with E-state index >= 15 is 0 Å². The summed E-state index contributed by atoms with van der Waals surface area (Å²) in [5.74, 6) is -0.0209. The Kier molecular flexibility index (Phi) is 1.84. The van der Waals surface area contributed by atoms with E-state index in [0.717, 1.165) is 0 Å². The van der Waals surface area contributed by atoms with Gasteiger partial charge in [-0.2, -0.15) is 9.97 Å². The van der Waals surface area contributed by atoms with Crippen molar-refractivity contribution in [1.29, 1.82) is 0 Å². The minimum Gasteiger partial charge on any atom is -0.339 e. The zero-order valence-electron chi connectivity index (χ0n) is 7.51. The smallest absolute Gasteiger partial charge is 0.274 e. The molecule has 0 bridgehead atoms. The first-order valence-electron chi connectivity index (χ1n) is 3.82. The maximum atomic E-state index is 11.5. The van der Waals surface area contributed by atoms with Crippen LogP contribution in [0.2, 0.25) is 0 Å². The van der Waals surface area contributed by atoms with Crippen LogP contribution in [0.3, 0.4) is 0 Å². The third-order valence-electron chi connectivity index (χ3n) is 1.46. The van der Waals surface area contributed by atoms with Crippen LogP contribution in [0.1, 0.15) is 28.2 Å². The summed E-state index contributed by atoms with van der Waals surface area (Å²) in [6.45, 7) is 3.18. The predicted octanol–water partition coefficient (Wildman–Crippen LogP) is 0.300. The average Bonchev–Trinajstić information content (AvgIpc) is 2.73. The van der Waals surface area contributed by atoms with Crippen molar-refractivity contribution in [2.45, 2.75) is 13.8 Å². The summed E-state index contributed by atoms with van der Waals surface area (Å²) in [5, 5.41) is 6.89. The summed E-state index contributed by atoms with van der Waals surface area (Å²) in [6, 6.07) is 0. The molecule has 0 radical (unpaired) electrons. The van der Waals surface area contributed by atoms with Gasteiger partial charge < -0.3 is 9.05 Å². The van der Waals surface area contributed by atoms with Crippen LogP contribution >= 0.6 is 0 Å². The second kappa shape index (κ2) is 3.02. The molecular formula is C7H6N4O3. The van der Waals surface area contributed by atoms with Crippen molar-refractivity contribution < 1.29 is 13.8 Å². The average molecular weight is 194 g/mol. The van der Waals surface area contributed by atoms with Crippen molar-refractivity contribution >= 4 is 5.78 Å². The molecule has 0 saturated carbocycles. The second-order valence-corrected chi connectivity index (χ2v) is 2.60. The monoisotopic (exact) mass is 194 g/mol. The molecule has 72 valence electrons. The molecule has 0 atom stereocenters. The molecule has 0 saturated heterocycles. The molecule has 0 N–H and O–H groups in total. The first-order valence-corrected chi connectivity index (χ1v) is 3.82. The number of carbonyl (C=O) groups is 1. The number of rotatable bonds is 2. The minimum atomic E-state index is -0.515. The number of hydrogen-bond donors (Lipinski definition) is 0. The molecule has 7 heteroatoms. The Morgan fingerprint density at radius 3 is 1.71 bits per heavy atom. The Bertz CT molecular complexity index is 430. The Labute approximate surface area is 78.1 Å². The third-order valence-corrected chi connectivity index (χ3v) is 1.46. The Morgan fingerprint density at radius 1 is 1.00 bits per heavy atom. The lowest BCUT2D eigenvalue weighted by atomic mass is 10.3. The van der Waals surface area contributed by atoms with E-state index in [1.54, 1.807) is 13.8 Å². The van der Waals surface area contributed by atoms with Gasteiger partial charge in [-0.15, -0.1) is 0 Å². The van der Waals surface area contributed by atoms with Gasteiger partial charge in [0.1, 0.15) is 0 Å². The third kappa shape index (κ3) is 1.39. The van der Waals surface area contributed by atoms with E-state index in [9.17, 15) is 4.79 Å². The molecule has 0 aliphatic heterocycles. The van der Waals surface area contributed by atoms with Crippen LogP contribution in [-0.2, 0) is 0 Å². The lowest BCUT2D eigenvalue weighted by Crippen LogP contribution is -2.05. The highest BCUT2D eigenvalue weighted by Crippen LogP contribution is 2.03. The lowest BCUT2D eigenvalue weighted by Gasteiger charge is -1.82. The standard InChI is InChI=1S/C7H6N4O3/c1-3-8-6(10-13-3)5(12)7-9-4(2)14-11-7/h1-2H3. The SMILES string of the molecule is Cc1nc(C(=O)c2noc(C)n2)no1. The summed E-state index contributed by atoms with van der Waals surface area (Å²) in [5.41, 5.74) is 0. The molecule has 0 fully saturated rings. The molecule has 0 amide bonds. The first-order chi connectivity index (χ1) is 6.66. The quantitative estimate of drug-likeness (QED) is 0.634. The van der Waals surface area contributed by atoms with Gasteiger partial charge in [-0.1, -0.05) is 10.3 Å². The van der Waals surface area contributed by atoms with E-state index in [1.807, 2.05) is 0 Å². The van der Waals surface area contributed by atoms with E-state index in [-0.39, 0.29) is 11.6 Å². The summed E-state index contributed by atoms with van der Waals surface area (Å²) in [7, 11) is 0. The van der Waals surface area contributed by atoms with Crippen LogP contribution in [0.4, 0.5) is 0 Å². The molecule has 0 aliphatic rings. The topological polar surface area (TPSA) is 94.9 Å². The van der Waals surface area contributed by atoms with Crippen molar-refractivity contribution in [1.82, 2.24) is 20.3 Å². The van der Waals surface area contributed by atoms with Crippen LogP contribution in [0.5, 0.6) is 0 Å². The number of hydrogen-bond acceptors (Lipinski definition) is 7. The second-order valence-electron chi connectivity index (χ2n) is 2.60. The van der Waals surface area contributed by atoms with Crippen molar-refractivity contribution in [3.8, 4) is 0 Å². The van der Waals surface area contributed by atoms with E-state index in [1.165, 1.54) is 0 Å². The van der Waals surface area contributed by atoms with E-state index in [2.05, 4.69) is 29.3 Å². The Morgan fingerprint density at radius 2 is 1.43 bits per heavy atom. The number of ketones is 1. The molecular weight excluding hydrogens is 188 g/mol. The van der Waals surface area contributed by atoms with Crippen LogP contribution in [0.25, 0.3) is 0 Å². The van der Waals surface area contributed by atoms with Gasteiger partial charge in [0.05, 0.1) is 0 Å². The van der Waals surface area contributed by atoms with Gasteiger partial charge in [-0.25, -0.2) is 0 Å². The molecule has 0 aliphatic carbocycles. The summed E-state index contributed by atoms with van der Waals surface area (Å²) in [6.07, 6.45) is 0. The highest BCUT2D eigenvalue weighted by Gasteiger charge is 2.20. The number of nitrogens with zero attached hydrogens (tertiary/aromatic N) is 4. The highest BCUT2D eigenvalue weighted by atomic mass is 16.5. The zero-order valence-corrected chi connectivity index (χ0v) is 7.51. The summed E-state index contributed by atoms with van der Waals surface area (Å²) < 4.78 is 9.29. The number of carbonyl (C=O) groups excluding carboxylic acids is 1. The fourth-order valence-electron chi connectivity index (χ4n) is 0.883. The predicted molar refractivity (Wildman–Crippen MR) is 41.5 cm³/mol. The minimum absolute atomic E-state index is 0.0664. The molecule has 2 aromatic rings. The zero-order chi connectivity index (χ0) is 10.1. The first kappa shape index (κ1) is 8.54. The molecule has 7 nitrogen and oxygen atoms in total. The lowest BCUT2D eigenvalue weighted by molar-refractivity contribution is 0.101. The largest absolute Gasteiger partial charge is 0.339 e. The Hall–Kier alpha value is -2.05. The molecule has 2 heterocycles. The molecule has 0 unspecified atom stereocenters. The fourth-order valence-corrected chi connectivity index (χ4v) is 0.883. The van der Waals surface area contributed by atoms with Gasteiger partial charge >= 0.3 is 0 Å². The molecule has 2 aromatic heterocycles. The van der Waals surface area contributed by atoms with Gasteiger partial charge in [0.25, 0.3) is 5.78 Å². The number of aryl methyl sites for hydroxylation is 2. The van der Waals surface area contributed by atoms with E-state index < -0.39 is 5.78 Å². The van der Waals surface area contributed by atoms with Gasteiger partial charge in [0.15, 0.2) is 0 Å². The van der Waals surface area contributed by atoms with Gasteiger partial charge in [0, 0.05) is 13.8 Å². The van der Waals surface area contributed by atoms with Crippen molar-refractivity contribution in [3.05, 3.63) is 23.4 Å². The maximum absolute atomic E-state index is 11.5. The fraction of sp³-hybridized carbons (Fsp3) is 0.286. The normalized spacial score (nSPS) is 10.4. The van der Waals surface area contributed by atoms with Crippen molar-refractivity contribution in [3.63, 3.8) is 0 Å². The highest BCUT2D eigenvalue weighted by molar-refractivity contribution is 6.03. The van der Waals surface area contributed by atoms with Gasteiger partial charge in [0.2, 0.25) is 23.4 Å². The maximum Gasteiger partial charge on any atom is 0.274 e. The van der Waals surface area contributed by atoms with Crippen LogP contribution in [0.15, 0.2) is 9.05 Å². The van der Waals surface area contributed by atoms with Crippen LogP contribution in [-0.4, -0.2) is 26.1 Å². The van der Waals surface area contributed by atoms with E-state index in [0.29, 0.717) is 11.8 Å². The molecule has 0 spiro atoms. The van der Waals surface area contributed by atoms with Crippen LogP contribution in [0, 0.1) is 13.8 Å². The number of aromatic nitrogens is 4. The molecule has 2 rings (SSSR count). The van der Waals surface area contributed by atoms with E-state index in [4.69, 9.17) is 0 Å².